The van der Waals surface area contributed by atoms with Crippen LogP contribution in [-0.2, 0) is 6.54 Å². The monoisotopic (exact) mass is 275 g/mol. The van der Waals surface area contributed by atoms with E-state index in [-0.39, 0.29) is 0 Å². The van der Waals surface area contributed by atoms with Crippen molar-refractivity contribution in [3.05, 3.63) is 29.6 Å². The Kier molecular flexibility index (Phi) is 5.99. The lowest BCUT2D eigenvalue weighted by Crippen LogP contribution is -2.37. The summed E-state index contributed by atoms with van der Waals surface area (Å²) < 4.78 is 0. The number of nitrogens with zero attached hydrogens (tertiary/aromatic N) is 2. The van der Waals surface area contributed by atoms with Crippen molar-refractivity contribution in [2.24, 2.45) is 5.92 Å². The highest BCUT2D eigenvalue weighted by Crippen LogP contribution is 2.23. The van der Waals surface area contributed by atoms with Gasteiger partial charge in [-0.05, 0) is 57.7 Å². The van der Waals surface area contributed by atoms with Crippen LogP contribution in [0, 0.1) is 12.8 Å². The van der Waals surface area contributed by atoms with E-state index in [1.54, 1.807) is 0 Å². The molecule has 0 atom stereocenters. The van der Waals surface area contributed by atoms with Crippen molar-refractivity contribution < 1.29 is 0 Å². The van der Waals surface area contributed by atoms with Crippen LogP contribution < -0.4 is 5.32 Å². The Labute approximate surface area is 123 Å². The molecule has 2 rings (SSSR count). The molecule has 0 aromatic carbocycles. The van der Waals surface area contributed by atoms with Crippen molar-refractivity contribution in [1.82, 2.24) is 15.2 Å². The van der Waals surface area contributed by atoms with Gasteiger partial charge in [0.05, 0.1) is 5.69 Å². The van der Waals surface area contributed by atoms with E-state index in [1.807, 2.05) is 0 Å². The van der Waals surface area contributed by atoms with Crippen molar-refractivity contribution in [2.45, 2.75) is 52.1 Å². The average Bonchev–Trinajstić information content (AvgIpc) is 2.41. The summed E-state index contributed by atoms with van der Waals surface area (Å²) in [5, 5.41) is 3.71. The number of pyridine rings is 1. The lowest BCUT2D eigenvalue weighted by molar-refractivity contribution is 0.277. The minimum atomic E-state index is 0.747. The van der Waals surface area contributed by atoms with Gasteiger partial charge < -0.3 is 5.32 Å². The summed E-state index contributed by atoms with van der Waals surface area (Å²) in [4.78, 5) is 6.90. The molecule has 3 nitrogen and oxygen atoms in total. The summed E-state index contributed by atoms with van der Waals surface area (Å²) in [7, 11) is 2.18. The number of hydrogen-bond donors (Lipinski definition) is 1. The first-order chi connectivity index (χ1) is 9.63. The SMILES string of the molecule is Cc1cccc(CN(C)CCNC2CCC(C)CC2)n1. The molecule has 1 aromatic heterocycles. The lowest BCUT2D eigenvalue weighted by Gasteiger charge is -2.27. The fourth-order valence-electron chi connectivity index (χ4n) is 2.97. The number of hydrogen-bond acceptors (Lipinski definition) is 3. The third kappa shape index (κ3) is 5.22. The number of aryl methyl sites for hydroxylation is 1. The summed E-state index contributed by atoms with van der Waals surface area (Å²) in [6.07, 6.45) is 5.48. The average molecular weight is 275 g/mol. The Morgan fingerprint density at radius 1 is 1.25 bits per heavy atom. The minimum absolute atomic E-state index is 0.747. The molecule has 1 saturated carbocycles. The summed E-state index contributed by atoms with van der Waals surface area (Å²) in [5.74, 6) is 0.933. The summed E-state index contributed by atoms with van der Waals surface area (Å²) in [5.41, 5.74) is 2.27. The first kappa shape index (κ1) is 15.5. The van der Waals surface area contributed by atoms with E-state index in [9.17, 15) is 0 Å². The van der Waals surface area contributed by atoms with Crippen molar-refractivity contribution in [2.75, 3.05) is 20.1 Å². The van der Waals surface area contributed by atoms with Gasteiger partial charge in [-0.25, -0.2) is 0 Å². The van der Waals surface area contributed by atoms with Crippen LogP contribution in [0.3, 0.4) is 0 Å². The third-order valence-corrected chi connectivity index (χ3v) is 4.32. The lowest BCUT2D eigenvalue weighted by atomic mass is 9.87. The van der Waals surface area contributed by atoms with Gasteiger partial charge in [0.1, 0.15) is 0 Å². The molecule has 0 bridgehead atoms. The molecule has 0 saturated heterocycles. The fraction of sp³-hybridized carbons (Fsp3) is 0.706. The van der Waals surface area contributed by atoms with Crippen LogP contribution in [0.15, 0.2) is 18.2 Å². The van der Waals surface area contributed by atoms with Gasteiger partial charge in [0.15, 0.2) is 0 Å². The van der Waals surface area contributed by atoms with Crippen molar-refractivity contribution in [1.29, 1.82) is 0 Å². The summed E-state index contributed by atoms with van der Waals surface area (Å²) in [6.45, 7) is 7.53. The highest BCUT2D eigenvalue weighted by molar-refractivity contribution is 5.09. The van der Waals surface area contributed by atoms with Crippen LogP contribution in [0.5, 0.6) is 0 Å². The molecule has 1 N–H and O–H groups in total. The molecule has 1 fully saturated rings. The zero-order valence-corrected chi connectivity index (χ0v) is 13.2. The smallest absolute Gasteiger partial charge is 0.0547 e. The Balaban J connectivity index is 1.64. The second-order valence-electron chi connectivity index (χ2n) is 6.42. The van der Waals surface area contributed by atoms with Gasteiger partial charge >= 0.3 is 0 Å². The standard InChI is InChI=1S/C17H29N3/c1-14-7-9-16(10-8-14)18-11-12-20(3)13-17-6-4-5-15(2)19-17/h4-6,14,16,18H,7-13H2,1-3H3. The number of nitrogens with one attached hydrogen (secondary N) is 1. The second-order valence-corrected chi connectivity index (χ2v) is 6.42. The quantitative estimate of drug-likeness (QED) is 0.865. The van der Waals surface area contributed by atoms with Gasteiger partial charge in [0.25, 0.3) is 0 Å². The second kappa shape index (κ2) is 7.75. The van der Waals surface area contributed by atoms with Crippen LogP contribution in [0.2, 0.25) is 0 Å². The van der Waals surface area contributed by atoms with E-state index < -0.39 is 0 Å². The van der Waals surface area contributed by atoms with E-state index >= 15 is 0 Å². The van der Waals surface area contributed by atoms with Crippen molar-refractivity contribution in [3.8, 4) is 0 Å². The Hall–Kier alpha value is -0.930. The third-order valence-electron chi connectivity index (χ3n) is 4.32. The van der Waals surface area contributed by atoms with Crippen LogP contribution in [0.1, 0.15) is 44.0 Å². The molecule has 1 aliphatic rings. The highest BCUT2D eigenvalue weighted by atomic mass is 15.1. The van der Waals surface area contributed by atoms with E-state index in [0.717, 1.165) is 37.3 Å². The van der Waals surface area contributed by atoms with Crippen LogP contribution >= 0.6 is 0 Å². The van der Waals surface area contributed by atoms with Gasteiger partial charge in [0, 0.05) is 31.4 Å². The molecule has 0 aliphatic heterocycles. The van der Waals surface area contributed by atoms with Gasteiger partial charge in [0.2, 0.25) is 0 Å². The molecule has 0 unspecified atom stereocenters. The molecule has 0 amide bonds. The summed E-state index contributed by atoms with van der Waals surface area (Å²) >= 11 is 0. The van der Waals surface area contributed by atoms with Gasteiger partial charge in [-0.15, -0.1) is 0 Å². The maximum Gasteiger partial charge on any atom is 0.0547 e. The Bertz CT molecular complexity index is 397. The Morgan fingerprint density at radius 3 is 2.70 bits per heavy atom. The van der Waals surface area contributed by atoms with Crippen LogP contribution in [0.25, 0.3) is 0 Å². The molecular weight excluding hydrogens is 246 g/mol. The minimum Gasteiger partial charge on any atom is -0.313 e. The molecule has 3 heteroatoms. The number of likely N-dealkylation sites (N-methyl/N-ethyl adjacent to an activating group) is 1. The predicted octanol–water partition coefficient (Wildman–Crippen LogP) is 2.99. The van der Waals surface area contributed by atoms with E-state index in [0.29, 0.717) is 0 Å². The molecule has 0 spiro atoms. The summed E-state index contributed by atoms with van der Waals surface area (Å²) in [6, 6.07) is 7.00. The molecular formula is C17H29N3. The topological polar surface area (TPSA) is 28.2 Å². The molecule has 1 aliphatic carbocycles. The van der Waals surface area contributed by atoms with Crippen molar-refractivity contribution >= 4 is 0 Å². The predicted molar refractivity (Wildman–Crippen MR) is 84.7 cm³/mol. The molecule has 112 valence electrons. The normalized spacial score (nSPS) is 23.2. The van der Waals surface area contributed by atoms with E-state index in [4.69, 9.17) is 0 Å². The highest BCUT2D eigenvalue weighted by Gasteiger charge is 2.17. The zero-order valence-electron chi connectivity index (χ0n) is 13.2. The molecule has 1 aromatic rings. The number of aromatic nitrogens is 1. The van der Waals surface area contributed by atoms with Gasteiger partial charge in [-0.3, -0.25) is 9.88 Å². The van der Waals surface area contributed by atoms with Crippen LogP contribution in [-0.4, -0.2) is 36.1 Å². The first-order valence-electron chi connectivity index (χ1n) is 7.98. The zero-order chi connectivity index (χ0) is 14.4. The molecule has 20 heavy (non-hydrogen) atoms. The van der Waals surface area contributed by atoms with E-state index in [2.05, 4.69) is 54.3 Å². The maximum atomic E-state index is 4.56. The largest absolute Gasteiger partial charge is 0.313 e. The molecule has 1 heterocycles. The molecule has 0 radical (unpaired) electrons. The maximum absolute atomic E-state index is 4.56. The van der Waals surface area contributed by atoms with Gasteiger partial charge in [-0.1, -0.05) is 13.0 Å². The Morgan fingerprint density at radius 2 is 2.00 bits per heavy atom. The van der Waals surface area contributed by atoms with E-state index in [1.165, 1.54) is 31.4 Å². The first-order valence-corrected chi connectivity index (χ1v) is 7.98. The van der Waals surface area contributed by atoms with Crippen LogP contribution in [0.4, 0.5) is 0 Å². The van der Waals surface area contributed by atoms with Gasteiger partial charge in [-0.2, -0.15) is 0 Å². The number of rotatable bonds is 6. The fourth-order valence-corrected chi connectivity index (χ4v) is 2.97. The van der Waals surface area contributed by atoms with Crippen molar-refractivity contribution in [3.63, 3.8) is 0 Å².